The predicted octanol–water partition coefficient (Wildman–Crippen LogP) is 3.69. The zero-order valence-electron chi connectivity index (χ0n) is 12.9. The monoisotopic (exact) mass is 312 g/mol. The normalized spacial score (nSPS) is 11.2. The number of pyridine rings is 1. The fourth-order valence-corrected chi connectivity index (χ4v) is 3.43. The maximum atomic E-state index is 4.30. The van der Waals surface area contributed by atoms with Gasteiger partial charge < -0.3 is 4.98 Å². The third-order valence-corrected chi connectivity index (χ3v) is 4.47. The number of H-pyrrole nitrogens is 1. The van der Waals surface area contributed by atoms with E-state index in [0.717, 1.165) is 31.2 Å². The van der Waals surface area contributed by atoms with Gasteiger partial charge in [0.15, 0.2) is 0 Å². The summed E-state index contributed by atoms with van der Waals surface area (Å²) in [6, 6.07) is 8.55. The molecule has 0 atom stereocenters. The van der Waals surface area contributed by atoms with Crippen molar-refractivity contribution >= 4 is 11.3 Å². The van der Waals surface area contributed by atoms with E-state index < -0.39 is 0 Å². The maximum absolute atomic E-state index is 4.30. The van der Waals surface area contributed by atoms with Crippen molar-refractivity contribution in [1.82, 2.24) is 19.9 Å². The summed E-state index contributed by atoms with van der Waals surface area (Å²) in [4.78, 5) is 16.9. The van der Waals surface area contributed by atoms with E-state index in [1.807, 2.05) is 36.9 Å². The van der Waals surface area contributed by atoms with Crippen molar-refractivity contribution < 1.29 is 0 Å². The van der Waals surface area contributed by atoms with Crippen molar-refractivity contribution in [2.75, 3.05) is 0 Å². The Hall–Kier alpha value is -1.98. The molecule has 0 fully saturated rings. The van der Waals surface area contributed by atoms with Crippen molar-refractivity contribution in [2.45, 2.75) is 33.5 Å². The van der Waals surface area contributed by atoms with Gasteiger partial charge in [-0.15, -0.1) is 11.3 Å². The molecule has 1 N–H and O–H groups in total. The zero-order valence-corrected chi connectivity index (χ0v) is 13.7. The van der Waals surface area contributed by atoms with E-state index in [9.17, 15) is 0 Å². The van der Waals surface area contributed by atoms with E-state index in [1.165, 1.54) is 15.3 Å². The first-order valence-electron chi connectivity index (χ1n) is 7.36. The summed E-state index contributed by atoms with van der Waals surface area (Å²) in [6.07, 6.45) is 5.63. The standard InChI is InChI=1S/C17H20N4S/c1-13-3-4-17(22-13)12-21(10-15-5-7-18-8-6-15)11-16-9-19-14(2)20-16/h3-9H,10-12H2,1-2H3,(H,19,20). The number of hydrogen-bond acceptors (Lipinski definition) is 4. The van der Waals surface area contributed by atoms with Crippen LogP contribution >= 0.6 is 11.3 Å². The van der Waals surface area contributed by atoms with Gasteiger partial charge in [0.05, 0.1) is 0 Å². The van der Waals surface area contributed by atoms with Crippen molar-refractivity contribution in [3.63, 3.8) is 0 Å². The number of imidazole rings is 1. The smallest absolute Gasteiger partial charge is 0.103 e. The van der Waals surface area contributed by atoms with Crippen LogP contribution in [0.1, 0.15) is 26.8 Å². The Bertz CT molecular complexity index is 675. The first-order valence-corrected chi connectivity index (χ1v) is 8.18. The summed E-state index contributed by atoms with van der Waals surface area (Å²) in [7, 11) is 0. The lowest BCUT2D eigenvalue weighted by Crippen LogP contribution is -2.22. The van der Waals surface area contributed by atoms with E-state index >= 15 is 0 Å². The summed E-state index contributed by atoms with van der Waals surface area (Å²) in [5.74, 6) is 0.964. The highest BCUT2D eigenvalue weighted by Crippen LogP contribution is 2.19. The first kappa shape index (κ1) is 14.9. The predicted molar refractivity (Wildman–Crippen MR) is 89.6 cm³/mol. The molecule has 3 aromatic rings. The van der Waals surface area contributed by atoms with E-state index in [-0.39, 0.29) is 0 Å². The van der Waals surface area contributed by atoms with Crippen LogP contribution in [0.4, 0.5) is 0 Å². The maximum Gasteiger partial charge on any atom is 0.103 e. The van der Waals surface area contributed by atoms with Gasteiger partial charge in [-0.25, -0.2) is 4.98 Å². The molecule has 3 heterocycles. The van der Waals surface area contributed by atoms with E-state index in [0.29, 0.717) is 0 Å². The van der Waals surface area contributed by atoms with Crippen molar-refractivity contribution in [3.8, 4) is 0 Å². The molecule has 5 heteroatoms. The van der Waals surface area contributed by atoms with Crippen LogP contribution in [0.5, 0.6) is 0 Å². The van der Waals surface area contributed by atoms with Gasteiger partial charge in [0.25, 0.3) is 0 Å². The van der Waals surface area contributed by atoms with Crippen LogP contribution in [0, 0.1) is 13.8 Å². The minimum Gasteiger partial charge on any atom is -0.345 e. The van der Waals surface area contributed by atoms with E-state index in [1.54, 1.807) is 0 Å². The van der Waals surface area contributed by atoms with Crippen LogP contribution in [0.25, 0.3) is 0 Å². The summed E-state index contributed by atoms with van der Waals surface area (Å²) in [6.45, 7) is 6.84. The van der Waals surface area contributed by atoms with Crippen LogP contribution in [0.15, 0.2) is 42.9 Å². The SMILES string of the molecule is Cc1ncc(CN(Cc2ccncc2)Cc2ccc(C)s2)[nH]1. The Morgan fingerprint density at radius 3 is 2.50 bits per heavy atom. The lowest BCUT2D eigenvalue weighted by molar-refractivity contribution is 0.247. The molecule has 0 aliphatic rings. The minimum absolute atomic E-state index is 0.861. The highest BCUT2D eigenvalue weighted by Gasteiger charge is 2.11. The second kappa shape index (κ2) is 6.85. The van der Waals surface area contributed by atoms with Crippen molar-refractivity contribution in [3.05, 3.63) is 69.7 Å². The third kappa shape index (κ3) is 4.02. The largest absolute Gasteiger partial charge is 0.345 e. The molecule has 0 unspecified atom stereocenters. The second-order valence-electron chi connectivity index (χ2n) is 5.51. The number of aromatic nitrogens is 3. The lowest BCUT2D eigenvalue weighted by Gasteiger charge is -2.21. The molecular formula is C17H20N4S. The first-order chi connectivity index (χ1) is 10.7. The summed E-state index contributed by atoms with van der Waals surface area (Å²) in [5.41, 5.74) is 2.43. The number of hydrogen-bond donors (Lipinski definition) is 1. The van der Waals surface area contributed by atoms with Crippen LogP contribution in [0.3, 0.4) is 0 Å². The summed E-state index contributed by atoms with van der Waals surface area (Å²) >= 11 is 1.86. The molecule has 0 aliphatic carbocycles. The van der Waals surface area contributed by atoms with Gasteiger partial charge in [-0.05, 0) is 43.7 Å². The number of aromatic amines is 1. The molecular weight excluding hydrogens is 292 g/mol. The van der Waals surface area contributed by atoms with Crippen LogP contribution in [-0.4, -0.2) is 19.9 Å². The molecule has 0 saturated heterocycles. The molecule has 0 spiro atoms. The van der Waals surface area contributed by atoms with E-state index in [2.05, 4.69) is 51.0 Å². The van der Waals surface area contributed by atoms with Gasteiger partial charge in [0.1, 0.15) is 5.82 Å². The Morgan fingerprint density at radius 2 is 1.86 bits per heavy atom. The molecule has 22 heavy (non-hydrogen) atoms. The Kier molecular flexibility index (Phi) is 4.65. The molecule has 114 valence electrons. The molecule has 0 amide bonds. The topological polar surface area (TPSA) is 44.8 Å². The minimum atomic E-state index is 0.861. The molecule has 0 radical (unpaired) electrons. The van der Waals surface area contributed by atoms with Gasteiger partial charge in [-0.2, -0.15) is 0 Å². The number of nitrogens with one attached hydrogen (secondary N) is 1. The van der Waals surface area contributed by atoms with Gasteiger partial charge in [0, 0.05) is 53.7 Å². The molecule has 0 aliphatic heterocycles. The molecule has 3 rings (SSSR count). The number of aryl methyl sites for hydroxylation is 2. The highest BCUT2D eigenvalue weighted by atomic mass is 32.1. The van der Waals surface area contributed by atoms with Gasteiger partial charge in [-0.1, -0.05) is 0 Å². The lowest BCUT2D eigenvalue weighted by atomic mass is 10.2. The fraction of sp³-hybridized carbons (Fsp3) is 0.294. The van der Waals surface area contributed by atoms with E-state index in [4.69, 9.17) is 0 Å². The molecule has 0 bridgehead atoms. The average molecular weight is 312 g/mol. The molecule has 3 aromatic heterocycles. The fourth-order valence-electron chi connectivity index (χ4n) is 2.50. The van der Waals surface area contributed by atoms with Crippen LogP contribution < -0.4 is 0 Å². The highest BCUT2D eigenvalue weighted by molar-refractivity contribution is 7.11. The zero-order chi connectivity index (χ0) is 15.4. The Balaban J connectivity index is 1.75. The third-order valence-electron chi connectivity index (χ3n) is 3.48. The van der Waals surface area contributed by atoms with Crippen molar-refractivity contribution in [1.29, 1.82) is 0 Å². The Labute approximate surface area is 134 Å². The van der Waals surface area contributed by atoms with Gasteiger partial charge in [0.2, 0.25) is 0 Å². The molecule has 4 nitrogen and oxygen atoms in total. The number of rotatable bonds is 6. The average Bonchev–Trinajstić information content (AvgIpc) is 3.09. The Morgan fingerprint density at radius 1 is 1.05 bits per heavy atom. The number of nitrogens with zero attached hydrogens (tertiary/aromatic N) is 3. The van der Waals surface area contributed by atoms with Gasteiger partial charge >= 0.3 is 0 Å². The molecule has 0 aromatic carbocycles. The van der Waals surface area contributed by atoms with Gasteiger partial charge in [-0.3, -0.25) is 9.88 Å². The molecule has 0 saturated carbocycles. The van der Waals surface area contributed by atoms with Crippen LogP contribution in [-0.2, 0) is 19.6 Å². The van der Waals surface area contributed by atoms with Crippen LogP contribution in [0.2, 0.25) is 0 Å². The van der Waals surface area contributed by atoms with Crippen molar-refractivity contribution in [2.24, 2.45) is 0 Å². The number of thiophene rings is 1. The quantitative estimate of drug-likeness (QED) is 0.755. The summed E-state index contributed by atoms with van der Waals surface area (Å²) in [5, 5.41) is 0. The summed E-state index contributed by atoms with van der Waals surface area (Å²) < 4.78 is 0. The second-order valence-corrected chi connectivity index (χ2v) is 6.88.